The van der Waals surface area contributed by atoms with Crippen LogP contribution in [0.5, 0.6) is 0 Å². The number of ether oxygens (including phenoxy) is 1. The topological polar surface area (TPSA) is 75.8 Å². The second kappa shape index (κ2) is 5.45. The van der Waals surface area contributed by atoms with Crippen LogP contribution < -0.4 is 4.90 Å². The van der Waals surface area contributed by atoms with Gasteiger partial charge in [-0.15, -0.1) is 0 Å². The lowest BCUT2D eigenvalue weighted by molar-refractivity contribution is -0.385. The minimum Gasteiger partial charge on any atom is -0.394 e. The highest BCUT2D eigenvalue weighted by atomic mass is 19.1. The minimum absolute atomic E-state index is 0.127. The lowest BCUT2D eigenvalue weighted by Crippen LogP contribution is -2.44. The van der Waals surface area contributed by atoms with Gasteiger partial charge in [0.2, 0.25) is 0 Å². The van der Waals surface area contributed by atoms with E-state index in [0.717, 1.165) is 0 Å². The lowest BCUT2D eigenvalue weighted by Gasteiger charge is -2.33. The fourth-order valence-corrected chi connectivity index (χ4v) is 1.99. The van der Waals surface area contributed by atoms with Gasteiger partial charge in [-0.3, -0.25) is 10.1 Å². The molecule has 0 amide bonds. The van der Waals surface area contributed by atoms with Crippen molar-refractivity contribution in [2.75, 3.05) is 31.2 Å². The van der Waals surface area contributed by atoms with Gasteiger partial charge in [-0.2, -0.15) is 0 Å². The fourth-order valence-electron chi connectivity index (χ4n) is 1.99. The summed E-state index contributed by atoms with van der Waals surface area (Å²) < 4.78 is 32.8. The van der Waals surface area contributed by atoms with Crippen LogP contribution in [0.1, 0.15) is 0 Å². The highest BCUT2D eigenvalue weighted by Gasteiger charge is 2.26. The number of aliphatic hydroxyl groups is 1. The normalized spacial score (nSPS) is 19.5. The Morgan fingerprint density at radius 2 is 2.11 bits per heavy atom. The molecule has 0 spiro atoms. The first-order chi connectivity index (χ1) is 9.02. The predicted octanol–water partition coefficient (Wildman–Crippen LogP) is 1.07. The van der Waals surface area contributed by atoms with Crippen LogP contribution in [0.15, 0.2) is 12.1 Å². The number of morpholine rings is 1. The average Bonchev–Trinajstić information content (AvgIpc) is 2.38. The molecule has 1 saturated heterocycles. The third-order valence-electron chi connectivity index (χ3n) is 2.87. The first kappa shape index (κ1) is 13.6. The van der Waals surface area contributed by atoms with Crippen LogP contribution in [0.4, 0.5) is 20.2 Å². The first-order valence-electron chi connectivity index (χ1n) is 5.63. The van der Waals surface area contributed by atoms with Crippen molar-refractivity contribution in [2.24, 2.45) is 0 Å². The second-order valence-corrected chi connectivity index (χ2v) is 4.14. The number of hydrogen-bond donors (Lipinski definition) is 1. The number of nitrogens with zero attached hydrogens (tertiary/aromatic N) is 2. The van der Waals surface area contributed by atoms with Crippen LogP contribution >= 0.6 is 0 Å². The van der Waals surface area contributed by atoms with Gasteiger partial charge in [-0.1, -0.05) is 0 Å². The van der Waals surface area contributed by atoms with E-state index >= 15 is 0 Å². The summed E-state index contributed by atoms with van der Waals surface area (Å²) >= 11 is 0. The number of anilines is 1. The van der Waals surface area contributed by atoms with Crippen molar-refractivity contribution in [1.29, 1.82) is 0 Å². The molecule has 1 heterocycles. The minimum atomic E-state index is -0.995. The van der Waals surface area contributed by atoms with Gasteiger partial charge in [0.15, 0.2) is 11.6 Å². The largest absolute Gasteiger partial charge is 0.394 e. The van der Waals surface area contributed by atoms with Crippen molar-refractivity contribution >= 4 is 11.4 Å². The van der Waals surface area contributed by atoms with Crippen molar-refractivity contribution < 1.29 is 23.5 Å². The molecule has 1 N–H and O–H groups in total. The zero-order valence-corrected chi connectivity index (χ0v) is 9.88. The monoisotopic (exact) mass is 274 g/mol. The quantitative estimate of drug-likeness (QED) is 0.659. The van der Waals surface area contributed by atoms with Gasteiger partial charge in [0.25, 0.3) is 5.69 Å². The number of aliphatic hydroxyl groups excluding tert-OH is 1. The van der Waals surface area contributed by atoms with Crippen LogP contribution in [0, 0.1) is 21.7 Å². The molecule has 0 saturated carbocycles. The first-order valence-corrected chi connectivity index (χ1v) is 5.63. The molecule has 6 nitrogen and oxygen atoms in total. The number of halogens is 2. The molecule has 0 aromatic heterocycles. The van der Waals surface area contributed by atoms with Crippen molar-refractivity contribution in [3.63, 3.8) is 0 Å². The highest BCUT2D eigenvalue weighted by molar-refractivity contribution is 5.54. The molecule has 0 bridgehead atoms. The maximum Gasteiger partial charge on any atom is 0.275 e. The SMILES string of the molecule is O=[N+]([O-])c1cc(F)c(N2CCOC(CO)C2)c(F)c1. The van der Waals surface area contributed by atoms with Crippen molar-refractivity contribution in [1.82, 2.24) is 0 Å². The molecule has 0 aliphatic carbocycles. The molecular formula is C11H12F2N2O4. The summed E-state index contributed by atoms with van der Waals surface area (Å²) in [6, 6.07) is 1.36. The number of nitro groups is 1. The Balaban J connectivity index is 2.31. The van der Waals surface area contributed by atoms with Crippen LogP contribution in [-0.4, -0.2) is 42.4 Å². The maximum absolute atomic E-state index is 13.8. The van der Waals surface area contributed by atoms with Gasteiger partial charge in [-0.05, 0) is 0 Å². The Hall–Kier alpha value is -1.80. The Morgan fingerprint density at radius 1 is 1.47 bits per heavy atom. The zero-order valence-electron chi connectivity index (χ0n) is 9.88. The summed E-state index contributed by atoms with van der Waals surface area (Å²) in [6.07, 6.45) is -0.525. The van der Waals surface area contributed by atoms with Gasteiger partial charge < -0.3 is 14.7 Å². The summed E-state index contributed by atoms with van der Waals surface area (Å²) in [5, 5.41) is 19.5. The summed E-state index contributed by atoms with van der Waals surface area (Å²) in [6.45, 7) is 0.345. The molecule has 1 unspecified atom stereocenters. The van der Waals surface area contributed by atoms with E-state index in [-0.39, 0.29) is 32.0 Å². The number of hydrogen-bond acceptors (Lipinski definition) is 5. The van der Waals surface area contributed by atoms with E-state index in [2.05, 4.69) is 0 Å². The van der Waals surface area contributed by atoms with E-state index in [4.69, 9.17) is 9.84 Å². The molecule has 0 radical (unpaired) electrons. The highest BCUT2D eigenvalue weighted by Crippen LogP contribution is 2.29. The van der Waals surface area contributed by atoms with E-state index in [1.165, 1.54) is 4.90 Å². The molecule has 1 fully saturated rings. The van der Waals surface area contributed by atoms with Crippen LogP contribution in [0.25, 0.3) is 0 Å². The molecule has 1 aromatic carbocycles. The van der Waals surface area contributed by atoms with Crippen LogP contribution in [0.2, 0.25) is 0 Å². The number of rotatable bonds is 3. The summed E-state index contributed by atoms with van der Waals surface area (Å²) in [5.74, 6) is -1.99. The van der Waals surface area contributed by atoms with Crippen molar-refractivity contribution in [3.8, 4) is 0 Å². The molecule has 1 aliphatic rings. The Bertz CT molecular complexity index is 475. The van der Waals surface area contributed by atoms with Gasteiger partial charge in [0.1, 0.15) is 5.69 Å². The lowest BCUT2D eigenvalue weighted by atomic mass is 10.2. The molecule has 1 aromatic rings. The van der Waals surface area contributed by atoms with E-state index < -0.39 is 28.3 Å². The summed E-state index contributed by atoms with van der Waals surface area (Å²) in [7, 11) is 0. The summed E-state index contributed by atoms with van der Waals surface area (Å²) in [5.41, 5.74) is -0.960. The molecule has 8 heteroatoms. The predicted molar refractivity (Wildman–Crippen MR) is 62.1 cm³/mol. The van der Waals surface area contributed by atoms with E-state index in [1.807, 2.05) is 0 Å². The van der Waals surface area contributed by atoms with Gasteiger partial charge in [0, 0.05) is 13.1 Å². The molecule has 2 rings (SSSR count). The standard InChI is InChI=1S/C11H12F2N2O4/c12-9-3-7(15(17)18)4-10(13)11(9)14-1-2-19-8(5-14)6-16/h3-4,8,16H,1-2,5-6H2. The Labute approximate surface area is 107 Å². The number of benzene rings is 1. The molecule has 19 heavy (non-hydrogen) atoms. The van der Waals surface area contributed by atoms with E-state index in [9.17, 15) is 18.9 Å². The fraction of sp³-hybridized carbons (Fsp3) is 0.455. The molecule has 1 aliphatic heterocycles. The molecule has 1 atom stereocenters. The van der Waals surface area contributed by atoms with Crippen LogP contribution in [-0.2, 0) is 4.74 Å². The second-order valence-electron chi connectivity index (χ2n) is 4.14. The van der Waals surface area contributed by atoms with Gasteiger partial charge in [-0.25, -0.2) is 8.78 Å². The summed E-state index contributed by atoms with van der Waals surface area (Å²) in [4.78, 5) is 11.0. The molecular weight excluding hydrogens is 262 g/mol. The van der Waals surface area contributed by atoms with E-state index in [1.54, 1.807) is 0 Å². The van der Waals surface area contributed by atoms with Crippen molar-refractivity contribution in [2.45, 2.75) is 6.10 Å². The van der Waals surface area contributed by atoms with E-state index in [0.29, 0.717) is 12.1 Å². The third-order valence-corrected chi connectivity index (χ3v) is 2.87. The molecule has 104 valence electrons. The zero-order chi connectivity index (χ0) is 14.0. The Morgan fingerprint density at radius 3 is 2.63 bits per heavy atom. The van der Waals surface area contributed by atoms with Gasteiger partial charge >= 0.3 is 0 Å². The van der Waals surface area contributed by atoms with Crippen LogP contribution in [0.3, 0.4) is 0 Å². The smallest absolute Gasteiger partial charge is 0.275 e. The number of non-ortho nitro benzene ring substituents is 1. The van der Waals surface area contributed by atoms with Gasteiger partial charge in [0.05, 0.1) is 36.4 Å². The Kier molecular flexibility index (Phi) is 3.91. The maximum atomic E-state index is 13.8. The number of nitro benzene ring substituents is 1. The third kappa shape index (κ3) is 2.79. The van der Waals surface area contributed by atoms with Crippen molar-refractivity contribution in [3.05, 3.63) is 33.9 Å². The average molecular weight is 274 g/mol.